The monoisotopic (exact) mass is 610 g/mol. The Morgan fingerprint density at radius 2 is 0.833 bits per heavy atom. The number of nitrogens with zero attached hydrogens (tertiary/aromatic N) is 4. The lowest BCUT2D eigenvalue weighted by molar-refractivity contribution is 1.18. The average molecular weight is 611 g/mol. The maximum absolute atomic E-state index is 8.11. The van der Waals surface area contributed by atoms with Crippen LogP contribution in [0.1, 0.15) is 0 Å². The van der Waals surface area contributed by atoms with E-state index in [-0.39, 0.29) is 0 Å². The van der Waals surface area contributed by atoms with Crippen LogP contribution in [-0.2, 0) is 0 Å². The molecule has 7 aromatic carbocycles. The summed E-state index contributed by atoms with van der Waals surface area (Å²) in [5, 5.41) is 4.56. The van der Waals surface area contributed by atoms with Gasteiger partial charge in [-0.05, 0) is 58.0 Å². The average Bonchev–Trinajstić information content (AvgIpc) is 3.68. The molecule has 0 spiro atoms. The van der Waals surface area contributed by atoms with Gasteiger partial charge in [0.1, 0.15) is 0 Å². The molecule has 0 aliphatic rings. The van der Waals surface area contributed by atoms with Gasteiger partial charge in [-0.15, -0.1) is 0 Å². The summed E-state index contributed by atoms with van der Waals surface area (Å²) in [6.07, 6.45) is 0. The van der Waals surface area contributed by atoms with Crippen molar-refractivity contribution >= 4 is 55.0 Å². The molecule has 2 heterocycles. The van der Waals surface area contributed by atoms with E-state index < -0.39 is 0 Å². The third-order valence-electron chi connectivity index (χ3n) is 9.39. The molecule has 0 bridgehead atoms. The van der Waals surface area contributed by atoms with Crippen molar-refractivity contribution in [3.05, 3.63) is 181 Å². The highest BCUT2D eigenvalue weighted by molar-refractivity contribution is 6.14. The molecule has 0 aliphatic carbocycles. The Bertz CT molecular complexity index is 2730. The van der Waals surface area contributed by atoms with Gasteiger partial charge >= 0.3 is 0 Å². The van der Waals surface area contributed by atoms with Crippen LogP contribution in [-0.4, -0.2) is 9.13 Å². The molecule has 4 heteroatoms. The van der Waals surface area contributed by atoms with Crippen LogP contribution in [0.15, 0.2) is 158 Å². The van der Waals surface area contributed by atoms with Gasteiger partial charge in [-0.1, -0.05) is 127 Å². The van der Waals surface area contributed by atoms with Crippen LogP contribution < -0.4 is 0 Å². The van der Waals surface area contributed by atoms with Crippen molar-refractivity contribution in [1.82, 2.24) is 9.13 Å². The number of aromatic nitrogens is 2. The van der Waals surface area contributed by atoms with E-state index in [9.17, 15) is 0 Å². The second-order valence-corrected chi connectivity index (χ2v) is 11.9. The van der Waals surface area contributed by atoms with E-state index in [1.54, 1.807) is 0 Å². The molecular weight excluding hydrogens is 585 g/mol. The van der Waals surface area contributed by atoms with E-state index >= 15 is 0 Å². The molecule has 0 amide bonds. The minimum atomic E-state index is 0.541. The normalized spacial score (nSPS) is 11.3. The molecule has 0 unspecified atom stereocenters. The van der Waals surface area contributed by atoms with E-state index in [4.69, 9.17) is 13.1 Å². The minimum Gasteiger partial charge on any atom is -0.328 e. The van der Waals surface area contributed by atoms with E-state index in [1.165, 1.54) is 21.8 Å². The van der Waals surface area contributed by atoms with Crippen LogP contribution in [0.4, 0.5) is 11.4 Å². The summed E-state index contributed by atoms with van der Waals surface area (Å²) in [5.41, 5.74) is 11.4. The summed E-state index contributed by atoms with van der Waals surface area (Å²) < 4.78 is 4.44. The topological polar surface area (TPSA) is 18.6 Å². The van der Waals surface area contributed by atoms with E-state index in [0.29, 0.717) is 11.4 Å². The molecule has 222 valence electrons. The van der Waals surface area contributed by atoms with Gasteiger partial charge in [0.05, 0.1) is 40.9 Å². The van der Waals surface area contributed by atoms with E-state index in [0.717, 1.165) is 55.4 Å². The van der Waals surface area contributed by atoms with Crippen molar-refractivity contribution in [1.29, 1.82) is 0 Å². The second kappa shape index (κ2) is 10.9. The molecular formula is C44H26N4. The van der Waals surface area contributed by atoms with Crippen molar-refractivity contribution in [2.75, 3.05) is 0 Å². The Kier molecular flexibility index (Phi) is 6.22. The summed E-state index contributed by atoms with van der Waals surface area (Å²) >= 11 is 0. The standard InChI is InChI=1S/C44H26N4/c1-45-38-16-9-14-33(43(38)48-42-20-8-5-13-36(42)37-15-10-17-39(46-2)44(37)48)31-23-21-29(22-24-31)30-25-27-32(28-26-30)47-40-18-6-3-11-34(40)35-12-4-7-19-41(35)47/h3-28H. The molecule has 48 heavy (non-hydrogen) atoms. The molecule has 0 fully saturated rings. The predicted octanol–water partition coefficient (Wildman–Crippen LogP) is 12.3. The maximum Gasteiger partial charge on any atom is 0.211 e. The largest absolute Gasteiger partial charge is 0.328 e. The first kappa shape index (κ1) is 27.4. The quantitative estimate of drug-likeness (QED) is 0.177. The van der Waals surface area contributed by atoms with Crippen LogP contribution >= 0.6 is 0 Å². The van der Waals surface area contributed by atoms with Gasteiger partial charge < -0.3 is 9.13 Å². The smallest absolute Gasteiger partial charge is 0.211 e. The zero-order chi connectivity index (χ0) is 32.2. The summed E-state index contributed by atoms with van der Waals surface area (Å²) in [5.74, 6) is 0. The molecule has 9 aromatic rings. The molecule has 0 aliphatic heterocycles. The Morgan fingerprint density at radius 1 is 0.375 bits per heavy atom. The summed E-state index contributed by atoms with van der Waals surface area (Å²) in [6.45, 7) is 16.1. The number of hydrogen-bond donors (Lipinski definition) is 0. The zero-order valence-electron chi connectivity index (χ0n) is 25.8. The van der Waals surface area contributed by atoms with Gasteiger partial charge in [-0.25, -0.2) is 9.69 Å². The highest BCUT2D eigenvalue weighted by Gasteiger charge is 2.20. The first-order valence-corrected chi connectivity index (χ1v) is 15.8. The fourth-order valence-electron chi connectivity index (χ4n) is 7.26. The number of rotatable bonds is 4. The first-order chi connectivity index (χ1) is 23.7. The molecule has 0 N–H and O–H groups in total. The lowest BCUT2D eigenvalue weighted by atomic mass is 9.98. The molecule has 0 saturated heterocycles. The zero-order valence-corrected chi connectivity index (χ0v) is 25.8. The third kappa shape index (κ3) is 4.07. The van der Waals surface area contributed by atoms with Gasteiger partial charge in [0, 0.05) is 21.8 Å². The van der Waals surface area contributed by atoms with E-state index in [1.807, 2.05) is 36.4 Å². The lowest BCUT2D eigenvalue weighted by Gasteiger charge is -2.17. The highest BCUT2D eigenvalue weighted by Crippen LogP contribution is 2.43. The second-order valence-electron chi connectivity index (χ2n) is 11.9. The summed E-state index contributed by atoms with van der Waals surface area (Å²) in [7, 11) is 0. The summed E-state index contributed by atoms with van der Waals surface area (Å²) in [4.78, 5) is 7.85. The Hall–Kier alpha value is -6.88. The predicted molar refractivity (Wildman–Crippen MR) is 199 cm³/mol. The summed E-state index contributed by atoms with van der Waals surface area (Å²) in [6, 6.07) is 54.3. The van der Waals surface area contributed by atoms with Crippen molar-refractivity contribution in [2.45, 2.75) is 0 Å². The SMILES string of the molecule is [C-]#[N+]c1cccc(-c2ccc(-c3ccc(-n4c5ccccc5c5ccccc54)cc3)cc2)c1-n1c2ccccc2c2cccc([N+]#[C-])c21. The molecule has 9 rings (SSSR count). The molecule has 0 saturated carbocycles. The number of hydrogen-bond acceptors (Lipinski definition) is 0. The van der Waals surface area contributed by atoms with Gasteiger partial charge in [0.2, 0.25) is 11.4 Å². The Balaban J connectivity index is 1.15. The number of fused-ring (bicyclic) bond motifs is 6. The van der Waals surface area contributed by atoms with Gasteiger partial charge in [0.15, 0.2) is 0 Å². The number of para-hydroxylation sites is 5. The number of benzene rings is 7. The molecule has 4 nitrogen and oxygen atoms in total. The lowest BCUT2D eigenvalue weighted by Crippen LogP contribution is -1.98. The van der Waals surface area contributed by atoms with Crippen molar-refractivity contribution in [3.63, 3.8) is 0 Å². The van der Waals surface area contributed by atoms with Crippen LogP contribution in [0.2, 0.25) is 0 Å². The van der Waals surface area contributed by atoms with Gasteiger partial charge in [0.25, 0.3) is 0 Å². The fraction of sp³-hybridized carbons (Fsp3) is 0. The van der Waals surface area contributed by atoms with Crippen molar-refractivity contribution in [3.8, 4) is 33.6 Å². The fourth-order valence-corrected chi connectivity index (χ4v) is 7.26. The van der Waals surface area contributed by atoms with Crippen LogP contribution in [0.5, 0.6) is 0 Å². The maximum atomic E-state index is 8.11. The van der Waals surface area contributed by atoms with Crippen LogP contribution in [0.25, 0.3) is 86.9 Å². The van der Waals surface area contributed by atoms with Crippen molar-refractivity contribution in [2.24, 2.45) is 0 Å². The Morgan fingerprint density at radius 3 is 1.44 bits per heavy atom. The van der Waals surface area contributed by atoms with Crippen LogP contribution in [0.3, 0.4) is 0 Å². The first-order valence-electron chi connectivity index (χ1n) is 15.8. The molecule has 0 atom stereocenters. The van der Waals surface area contributed by atoms with Gasteiger partial charge in [-0.3, -0.25) is 0 Å². The highest BCUT2D eigenvalue weighted by atomic mass is 15.0. The molecule has 0 radical (unpaired) electrons. The van der Waals surface area contributed by atoms with Gasteiger partial charge in [-0.2, -0.15) is 0 Å². The third-order valence-corrected chi connectivity index (χ3v) is 9.39. The molecule has 2 aromatic heterocycles. The van der Waals surface area contributed by atoms with Crippen LogP contribution in [0, 0.1) is 13.1 Å². The van der Waals surface area contributed by atoms with E-state index in [2.05, 4.69) is 140 Å². The Labute approximate surface area is 277 Å². The van der Waals surface area contributed by atoms with Crippen molar-refractivity contribution < 1.29 is 0 Å². The minimum absolute atomic E-state index is 0.541.